The Morgan fingerprint density at radius 3 is 2.95 bits per heavy atom. The highest BCUT2D eigenvalue weighted by molar-refractivity contribution is 5.33. The number of aryl methyl sites for hydroxylation is 2. The molecule has 1 aliphatic rings. The van der Waals surface area contributed by atoms with Gasteiger partial charge in [-0.2, -0.15) is 5.26 Å². The largest absolute Gasteiger partial charge is 0.342 e. The number of nitriles is 1. The van der Waals surface area contributed by atoms with Gasteiger partial charge in [0, 0.05) is 25.8 Å². The van der Waals surface area contributed by atoms with Crippen molar-refractivity contribution in [1.29, 1.82) is 5.26 Å². The topological polar surface area (TPSA) is 32.0 Å². The molecular weight excluding hydrogens is 258 g/mol. The number of aromatic nitrogens is 1. The lowest BCUT2D eigenvalue weighted by Crippen LogP contribution is -2.27. The SMILES string of the molecule is CN(Cc1cc(C#N)n(C)c1)[C@@H]1CCCc2ccccc21. The summed E-state index contributed by atoms with van der Waals surface area (Å²) < 4.78 is 1.90. The van der Waals surface area contributed by atoms with Gasteiger partial charge in [0.25, 0.3) is 0 Å². The highest BCUT2D eigenvalue weighted by atomic mass is 15.1. The minimum absolute atomic E-state index is 0.487. The predicted octanol–water partition coefficient (Wildman–Crippen LogP) is 3.41. The van der Waals surface area contributed by atoms with E-state index >= 15 is 0 Å². The summed E-state index contributed by atoms with van der Waals surface area (Å²) in [6, 6.07) is 13.5. The lowest BCUT2D eigenvalue weighted by atomic mass is 9.87. The smallest absolute Gasteiger partial charge is 0.120 e. The maximum atomic E-state index is 9.06. The fraction of sp³-hybridized carbons (Fsp3) is 0.389. The fourth-order valence-corrected chi connectivity index (χ4v) is 3.41. The van der Waals surface area contributed by atoms with E-state index < -0.39 is 0 Å². The first kappa shape index (κ1) is 13.9. The Kier molecular flexibility index (Phi) is 3.81. The van der Waals surface area contributed by atoms with Crippen LogP contribution in [0.2, 0.25) is 0 Å². The van der Waals surface area contributed by atoms with Crippen molar-refractivity contribution < 1.29 is 0 Å². The molecule has 3 heteroatoms. The summed E-state index contributed by atoms with van der Waals surface area (Å²) in [4.78, 5) is 2.41. The quantitative estimate of drug-likeness (QED) is 0.862. The van der Waals surface area contributed by atoms with Crippen LogP contribution in [0.15, 0.2) is 36.5 Å². The zero-order valence-corrected chi connectivity index (χ0v) is 12.7. The van der Waals surface area contributed by atoms with Gasteiger partial charge in [0.05, 0.1) is 0 Å². The fourth-order valence-electron chi connectivity index (χ4n) is 3.41. The number of rotatable bonds is 3. The summed E-state index contributed by atoms with van der Waals surface area (Å²) in [5.74, 6) is 0. The molecule has 1 heterocycles. The average molecular weight is 279 g/mol. The molecule has 3 nitrogen and oxygen atoms in total. The molecule has 0 amide bonds. The van der Waals surface area contributed by atoms with E-state index in [-0.39, 0.29) is 0 Å². The lowest BCUT2D eigenvalue weighted by Gasteiger charge is -2.33. The van der Waals surface area contributed by atoms with Crippen molar-refractivity contribution in [1.82, 2.24) is 9.47 Å². The normalized spacial score (nSPS) is 17.5. The minimum Gasteiger partial charge on any atom is -0.342 e. The zero-order chi connectivity index (χ0) is 14.8. The van der Waals surface area contributed by atoms with Crippen molar-refractivity contribution in [3.63, 3.8) is 0 Å². The maximum absolute atomic E-state index is 9.06. The van der Waals surface area contributed by atoms with Crippen LogP contribution in [-0.4, -0.2) is 16.5 Å². The standard InChI is InChI=1S/C18H21N3/c1-20-12-14(10-16(20)11-19)13-21(2)18-9-5-7-15-6-3-4-8-17(15)18/h3-4,6,8,10,12,18H,5,7,9,13H2,1-2H3/t18-/m1/s1. The number of fused-ring (bicyclic) bond motifs is 1. The van der Waals surface area contributed by atoms with Gasteiger partial charge in [-0.15, -0.1) is 0 Å². The number of hydrogen-bond donors (Lipinski definition) is 0. The van der Waals surface area contributed by atoms with Crippen LogP contribution in [0.25, 0.3) is 0 Å². The molecule has 2 aromatic rings. The van der Waals surface area contributed by atoms with Crippen molar-refractivity contribution >= 4 is 0 Å². The van der Waals surface area contributed by atoms with Crippen LogP contribution in [0.5, 0.6) is 0 Å². The molecule has 3 rings (SSSR count). The lowest BCUT2D eigenvalue weighted by molar-refractivity contribution is 0.213. The van der Waals surface area contributed by atoms with Gasteiger partial charge in [-0.1, -0.05) is 24.3 Å². The minimum atomic E-state index is 0.487. The van der Waals surface area contributed by atoms with Gasteiger partial charge in [0.1, 0.15) is 11.8 Å². The monoisotopic (exact) mass is 279 g/mol. The van der Waals surface area contributed by atoms with Gasteiger partial charge >= 0.3 is 0 Å². The number of benzene rings is 1. The van der Waals surface area contributed by atoms with Gasteiger partial charge in [0.15, 0.2) is 0 Å². The second-order valence-corrected chi connectivity index (χ2v) is 5.98. The van der Waals surface area contributed by atoms with E-state index in [9.17, 15) is 0 Å². The summed E-state index contributed by atoms with van der Waals surface area (Å²) in [6.07, 6.45) is 5.73. The summed E-state index contributed by atoms with van der Waals surface area (Å²) in [7, 11) is 4.11. The number of nitrogens with zero attached hydrogens (tertiary/aromatic N) is 3. The van der Waals surface area contributed by atoms with Crippen LogP contribution in [0.1, 0.15) is 41.3 Å². The van der Waals surface area contributed by atoms with Gasteiger partial charge in [-0.3, -0.25) is 4.90 Å². The molecule has 108 valence electrons. The van der Waals surface area contributed by atoms with Gasteiger partial charge in [-0.05, 0) is 49.1 Å². The molecule has 0 unspecified atom stereocenters. The molecule has 1 aromatic carbocycles. The zero-order valence-electron chi connectivity index (χ0n) is 12.7. The molecule has 1 aromatic heterocycles. The molecule has 1 atom stereocenters. The Bertz CT molecular complexity index is 678. The second-order valence-electron chi connectivity index (χ2n) is 5.98. The summed E-state index contributed by atoms with van der Waals surface area (Å²) >= 11 is 0. The molecule has 0 saturated carbocycles. The third-order valence-corrected chi connectivity index (χ3v) is 4.48. The molecule has 21 heavy (non-hydrogen) atoms. The first-order valence-electron chi connectivity index (χ1n) is 7.52. The first-order chi connectivity index (χ1) is 10.2. The van der Waals surface area contributed by atoms with Crippen LogP contribution in [0.3, 0.4) is 0 Å². The molecular formula is C18H21N3. The van der Waals surface area contributed by atoms with Crippen molar-refractivity contribution in [2.24, 2.45) is 7.05 Å². The molecule has 0 N–H and O–H groups in total. The van der Waals surface area contributed by atoms with E-state index in [1.807, 2.05) is 17.7 Å². The molecule has 0 saturated heterocycles. The van der Waals surface area contributed by atoms with Crippen molar-refractivity contribution in [3.05, 3.63) is 58.9 Å². The van der Waals surface area contributed by atoms with Crippen molar-refractivity contribution in [2.45, 2.75) is 31.8 Å². The van der Waals surface area contributed by atoms with Gasteiger partial charge < -0.3 is 4.57 Å². The van der Waals surface area contributed by atoms with E-state index in [2.05, 4.69) is 48.5 Å². The first-order valence-corrected chi connectivity index (χ1v) is 7.52. The number of hydrogen-bond acceptors (Lipinski definition) is 2. The molecule has 0 aliphatic heterocycles. The molecule has 1 aliphatic carbocycles. The Balaban J connectivity index is 1.80. The Hall–Kier alpha value is -2.05. The van der Waals surface area contributed by atoms with Crippen LogP contribution in [0, 0.1) is 11.3 Å². The van der Waals surface area contributed by atoms with Crippen LogP contribution >= 0.6 is 0 Å². The van der Waals surface area contributed by atoms with Crippen LogP contribution in [0.4, 0.5) is 0 Å². The Labute approximate surface area is 126 Å². The predicted molar refractivity (Wildman–Crippen MR) is 83.7 cm³/mol. The highest BCUT2D eigenvalue weighted by Crippen LogP contribution is 2.34. The molecule has 0 bridgehead atoms. The molecule has 0 radical (unpaired) electrons. The third-order valence-electron chi connectivity index (χ3n) is 4.48. The molecule has 0 spiro atoms. The van der Waals surface area contributed by atoms with Crippen LogP contribution < -0.4 is 0 Å². The summed E-state index contributed by atoms with van der Waals surface area (Å²) in [5.41, 5.74) is 4.90. The van der Waals surface area contributed by atoms with E-state index in [1.54, 1.807) is 0 Å². The second kappa shape index (κ2) is 5.75. The van der Waals surface area contributed by atoms with Crippen molar-refractivity contribution in [3.8, 4) is 6.07 Å². The third kappa shape index (κ3) is 2.72. The summed E-state index contributed by atoms with van der Waals surface area (Å²) in [5, 5.41) is 9.06. The van der Waals surface area contributed by atoms with Gasteiger partial charge in [0.2, 0.25) is 0 Å². The van der Waals surface area contributed by atoms with E-state index in [0.29, 0.717) is 6.04 Å². The Morgan fingerprint density at radius 1 is 1.38 bits per heavy atom. The van der Waals surface area contributed by atoms with Crippen molar-refractivity contribution in [2.75, 3.05) is 7.05 Å². The van der Waals surface area contributed by atoms with E-state index in [4.69, 9.17) is 5.26 Å². The van der Waals surface area contributed by atoms with E-state index in [1.165, 1.54) is 36.0 Å². The maximum Gasteiger partial charge on any atom is 0.120 e. The van der Waals surface area contributed by atoms with Gasteiger partial charge in [-0.25, -0.2) is 0 Å². The van der Waals surface area contributed by atoms with E-state index in [0.717, 1.165) is 12.2 Å². The highest BCUT2D eigenvalue weighted by Gasteiger charge is 2.23. The van der Waals surface area contributed by atoms with Crippen LogP contribution in [-0.2, 0) is 20.0 Å². The molecule has 0 fully saturated rings. The Morgan fingerprint density at radius 2 is 2.19 bits per heavy atom. The summed E-state index contributed by atoms with van der Waals surface area (Å²) in [6.45, 7) is 0.883. The average Bonchev–Trinajstić information content (AvgIpc) is 2.86.